The molecule has 1 aliphatic rings. The van der Waals surface area contributed by atoms with Crippen molar-refractivity contribution in [2.75, 3.05) is 7.11 Å². The molecule has 0 aromatic heterocycles. The number of aromatic hydroxyl groups is 1. The number of nitrogens with zero attached hydrogens (tertiary/aromatic N) is 1. The number of amides is 2. The minimum Gasteiger partial charge on any atom is -0.507 e. The number of imide groups is 1. The number of halogens is 1. The number of hydrogen-bond acceptors (Lipinski definition) is 6. The Morgan fingerprint density at radius 3 is 2.73 bits per heavy atom. The second-order valence-electron chi connectivity index (χ2n) is 4.46. The standard InChI is InChI=1S/C14H12INO5S/c1-7(13(19)21-2)16-12(18)11(22-14(16)20)6-8-3-4-10(17)9(15)5-8/h3-7,17H,1-2H3/b11-6+/t7-/m1/s1. The Hall–Kier alpha value is -1.55. The molecule has 116 valence electrons. The second-order valence-corrected chi connectivity index (χ2v) is 6.62. The number of rotatable bonds is 3. The highest BCUT2D eigenvalue weighted by Crippen LogP contribution is 2.34. The van der Waals surface area contributed by atoms with Gasteiger partial charge in [0, 0.05) is 0 Å². The second kappa shape index (κ2) is 6.69. The van der Waals surface area contributed by atoms with E-state index in [9.17, 15) is 19.5 Å². The summed E-state index contributed by atoms with van der Waals surface area (Å²) >= 11 is 2.73. The minimum absolute atomic E-state index is 0.144. The SMILES string of the molecule is COC(=O)[C@@H](C)N1C(=O)S/C(=C/c2ccc(O)c(I)c2)C1=O. The van der Waals surface area contributed by atoms with Crippen molar-refractivity contribution >= 4 is 57.5 Å². The summed E-state index contributed by atoms with van der Waals surface area (Å²) in [6.07, 6.45) is 1.55. The van der Waals surface area contributed by atoms with E-state index in [4.69, 9.17) is 0 Å². The summed E-state index contributed by atoms with van der Waals surface area (Å²) in [5, 5.41) is 8.98. The van der Waals surface area contributed by atoms with E-state index in [0.29, 0.717) is 9.13 Å². The van der Waals surface area contributed by atoms with Crippen molar-refractivity contribution in [3.63, 3.8) is 0 Å². The molecule has 1 aromatic rings. The summed E-state index contributed by atoms with van der Waals surface area (Å²) in [5.74, 6) is -1.04. The number of benzene rings is 1. The van der Waals surface area contributed by atoms with E-state index in [1.54, 1.807) is 18.2 Å². The molecule has 6 nitrogen and oxygen atoms in total. The molecule has 1 atom stereocenters. The summed E-state index contributed by atoms with van der Waals surface area (Å²) in [6, 6.07) is 3.86. The highest BCUT2D eigenvalue weighted by molar-refractivity contribution is 14.1. The summed E-state index contributed by atoms with van der Waals surface area (Å²) in [5.41, 5.74) is 0.679. The van der Waals surface area contributed by atoms with Crippen LogP contribution in [0.25, 0.3) is 6.08 Å². The first kappa shape index (κ1) is 16.8. The third-order valence-electron chi connectivity index (χ3n) is 3.02. The third-order valence-corrected chi connectivity index (χ3v) is 4.77. The van der Waals surface area contributed by atoms with Gasteiger partial charge in [-0.1, -0.05) is 6.07 Å². The fourth-order valence-corrected chi connectivity index (χ4v) is 3.30. The largest absolute Gasteiger partial charge is 0.507 e. The van der Waals surface area contributed by atoms with Crippen molar-refractivity contribution in [2.45, 2.75) is 13.0 Å². The van der Waals surface area contributed by atoms with Crippen LogP contribution in [0.5, 0.6) is 5.75 Å². The van der Waals surface area contributed by atoms with Crippen molar-refractivity contribution in [1.82, 2.24) is 4.90 Å². The van der Waals surface area contributed by atoms with Crippen LogP contribution in [-0.2, 0) is 14.3 Å². The van der Waals surface area contributed by atoms with Crippen molar-refractivity contribution in [1.29, 1.82) is 0 Å². The van der Waals surface area contributed by atoms with Crippen LogP contribution < -0.4 is 0 Å². The van der Waals surface area contributed by atoms with E-state index < -0.39 is 23.2 Å². The van der Waals surface area contributed by atoms with Gasteiger partial charge >= 0.3 is 5.97 Å². The number of carbonyl (C=O) groups excluding carboxylic acids is 3. The van der Waals surface area contributed by atoms with Gasteiger partial charge in [0.2, 0.25) is 0 Å². The topological polar surface area (TPSA) is 83.9 Å². The Morgan fingerprint density at radius 2 is 2.14 bits per heavy atom. The van der Waals surface area contributed by atoms with Gasteiger partial charge in [0.1, 0.15) is 11.8 Å². The van der Waals surface area contributed by atoms with Gasteiger partial charge in [-0.25, -0.2) is 4.79 Å². The molecule has 0 spiro atoms. The molecule has 0 radical (unpaired) electrons. The van der Waals surface area contributed by atoms with E-state index in [2.05, 4.69) is 4.74 Å². The fourth-order valence-electron chi connectivity index (χ4n) is 1.85. The summed E-state index contributed by atoms with van der Waals surface area (Å²) in [4.78, 5) is 36.9. The maximum atomic E-state index is 12.3. The number of esters is 1. The molecule has 0 bridgehead atoms. The number of carbonyl (C=O) groups is 3. The lowest BCUT2D eigenvalue weighted by molar-refractivity contribution is -0.148. The first-order valence-corrected chi connectivity index (χ1v) is 8.08. The molecule has 2 amide bonds. The summed E-state index contributed by atoms with van der Waals surface area (Å²) in [6.45, 7) is 1.44. The van der Waals surface area contributed by atoms with Crippen LogP contribution in [0.4, 0.5) is 4.79 Å². The average Bonchev–Trinajstić information content (AvgIpc) is 2.75. The van der Waals surface area contributed by atoms with Crippen LogP contribution in [0.2, 0.25) is 0 Å². The third kappa shape index (κ3) is 3.27. The van der Waals surface area contributed by atoms with Gasteiger partial charge in [-0.3, -0.25) is 14.5 Å². The van der Waals surface area contributed by atoms with E-state index in [0.717, 1.165) is 16.7 Å². The van der Waals surface area contributed by atoms with Crippen LogP contribution >= 0.6 is 34.4 Å². The Kier molecular flexibility index (Phi) is 5.12. The molecule has 2 rings (SSSR count). The molecular weight excluding hydrogens is 421 g/mol. The van der Waals surface area contributed by atoms with E-state index in [1.807, 2.05) is 22.6 Å². The van der Waals surface area contributed by atoms with Crippen LogP contribution in [0.3, 0.4) is 0 Å². The van der Waals surface area contributed by atoms with E-state index >= 15 is 0 Å². The fraction of sp³-hybridized carbons (Fsp3) is 0.214. The first-order chi connectivity index (χ1) is 10.3. The molecule has 1 heterocycles. The number of hydrogen-bond donors (Lipinski definition) is 1. The van der Waals surface area contributed by atoms with Gasteiger partial charge < -0.3 is 9.84 Å². The van der Waals surface area contributed by atoms with Gasteiger partial charge in [-0.2, -0.15) is 0 Å². The molecule has 0 saturated carbocycles. The number of methoxy groups -OCH3 is 1. The average molecular weight is 433 g/mol. The van der Waals surface area contributed by atoms with Gasteiger partial charge in [-0.05, 0) is 65.0 Å². The van der Waals surface area contributed by atoms with E-state index in [-0.39, 0.29) is 10.7 Å². The van der Waals surface area contributed by atoms with Crippen molar-refractivity contribution in [3.05, 3.63) is 32.2 Å². The van der Waals surface area contributed by atoms with Crippen LogP contribution in [0.1, 0.15) is 12.5 Å². The van der Waals surface area contributed by atoms with Gasteiger partial charge in [-0.15, -0.1) is 0 Å². The number of phenolic OH excluding ortho intramolecular Hbond substituents is 1. The number of thioether (sulfide) groups is 1. The molecule has 1 aromatic carbocycles. The van der Waals surface area contributed by atoms with Crippen LogP contribution in [0, 0.1) is 3.57 Å². The summed E-state index contributed by atoms with van der Waals surface area (Å²) in [7, 11) is 1.20. The Morgan fingerprint density at radius 1 is 1.45 bits per heavy atom. The maximum Gasteiger partial charge on any atom is 0.328 e. The zero-order chi connectivity index (χ0) is 16.4. The molecule has 1 N–H and O–H groups in total. The minimum atomic E-state index is -0.969. The molecule has 0 aliphatic carbocycles. The smallest absolute Gasteiger partial charge is 0.328 e. The van der Waals surface area contributed by atoms with Gasteiger partial charge in [0.05, 0.1) is 15.6 Å². The highest BCUT2D eigenvalue weighted by Gasteiger charge is 2.41. The first-order valence-electron chi connectivity index (χ1n) is 6.18. The van der Waals surface area contributed by atoms with Gasteiger partial charge in [0.15, 0.2) is 0 Å². The van der Waals surface area contributed by atoms with Crippen LogP contribution in [-0.4, -0.2) is 40.3 Å². The zero-order valence-corrected chi connectivity index (χ0v) is 14.7. The summed E-state index contributed by atoms with van der Waals surface area (Å²) < 4.78 is 5.19. The normalized spacial score (nSPS) is 18.0. The molecule has 8 heteroatoms. The predicted octanol–water partition coefficient (Wildman–Crippen LogP) is 2.59. The van der Waals surface area contributed by atoms with Crippen molar-refractivity contribution < 1.29 is 24.2 Å². The highest BCUT2D eigenvalue weighted by atomic mass is 127. The van der Waals surface area contributed by atoms with Crippen molar-refractivity contribution in [2.24, 2.45) is 0 Å². The molecule has 1 aliphatic heterocycles. The maximum absolute atomic E-state index is 12.3. The lowest BCUT2D eigenvalue weighted by Crippen LogP contribution is -2.42. The quantitative estimate of drug-likeness (QED) is 0.448. The Bertz CT molecular complexity index is 688. The molecule has 1 saturated heterocycles. The molecule has 0 unspecified atom stereocenters. The van der Waals surface area contributed by atoms with Gasteiger partial charge in [0.25, 0.3) is 11.1 Å². The monoisotopic (exact) mass is 433 g/mol. The number of phenols is 1. The lowest BCUT2D eigenvalue weighted by Gasteiger charge is -2.18. The molecule has 22 heavy (non-hydrogen) atoms. The predicted molar refractivity (Wildman–Crippen MR) is 90.1 cm³/mol. The molecular formula is C14H12INO5S. The van der Waals surface area contributed by atoms with E-state index in [1.165, 1.54) is 20.1 Å². The lowest BCUT2D eigenvalue weighted by atomic mass is 10.2. The molecule has 1 fully saturated rings. The van der Waals surface area contributed by atoms with Crippen LogP contribution in [0.15, 0.2) is 23.1 Å². The van der Waals surface area contributed by atoms with Crippen molar-refractivity contribution in [3.8, 4) is 5.75 Å². The zero-order valence-electron chi connectivity index (χ0n) is 11.7. The number of ether oxygens (including phenoxy) is 1. The Labute approximate surface area is 144 Å². The Balaban J connectivity index is 2.29.